The van der Waals surface area contributed by atoms with E-state index in [2.05, 4.69) is 15.5 Å². The molecular formula is C21H27N3O3. The van der Waals surface area contributed by atoms with Crippen LogP contribution < -0.4 is 10.6 Å². The maximum atomic E-state index is 12.2. The first-order valence-corrected chi connectivity index (χ1v) is 9.57. The minimum atomic E-state index is -0.190. The second-order valence-corrected chi connectivity index (χ2v) is 6.87. The summed E-state index contributed by atoms with van der Waals surface area (Å²) in [6, 6.07) is 13.3. The van der Waals surface area contributed by atoms with E-state index in [0.717, 1.165) is 24.4 Å². The van der Waals surface area contributed by atoms with E-state index in [4.69, 9.17) is 4.42 Å². The van der Waals surface area contributed by atoms with E-state index in [-0.39, 0.29) is 30.8 Å². The van der Waals surface area contributed by atoms with Crippen molar-refractivity contribution in [2.75, 3.05) is 26.2 Å². The monoisotopic (exact) mass is 369 g/mol. The van der Waals surface area contributed by atoms with Crippen LogP contribution in [0.5, 0.6) is 0 Å². The molecule has 1 aromatic carbocycles. The molecule has 1 unspecified atom stereocenters. The van der Waals surface area contributed by atoms with Crippen molar-refractivity contribution in [3.05, 3.63) is 60.1 Å². The highest BCUT2D eigenvalue weighted by molar-refractivity contribution is 5.85. The van der Waals surface area contributed by atoms with Gasteiger partial charge in [0.05, 0.1) is 25.3 Å². The molecule has 1 aliphatic rings. The molecule has 27 heavy (non-hydrogen) atoms. The Labute approximate surface area is 159 Å². The Morgan fingerprint density at radius 3 is 2.44 bits per heavy atom. The van der Waals surface area contributed by atoms with E-state index in [1.165, 1.54) is 19.3 Å². The van der Waals surface area contributed by atoms with E-state index in [1.807, 2.05) is 42.5 Å². The Kier molecular flexibility index (Phi) is 7.04. The number of rotatable bonds is 8. The standard InChI is InChI=1S/C21H27N3O3/c25-20(14-17-8-3-1-4-9-17)23-16-21(26)22-15-18(19-10-7-13-27-19)24-11-5-2-6-12-24/h1,3-4,7-10,13,18H,2,5-6,11-12,14-16H2,(H,22,26)(H,23,25). The summed E-state index contributed by atoms with van der Waals surface area (Å²) in [6.07, 6.45) is 5.53. The average molecular weight is 369 g/mol. The molecule has 6 nitrogen and oxygen atoms in total. The topological polar surface area (TPSA) is 74.6 Å². The van der Waals surface area contributed by atoms with E-state index in [0.29, 0.717) is 6.54 Å². The van der Waals surface area contributed by atoms with Crippen molar-refractivity contribution >= 4 is 11.8 Å². The van der Waals surface area contributed by atoms with Gasteiger partial charge < -0.3 is 15.1 Å². The molecule has 0 saturated carbocycles. The van der Waals surface area contributed by atoms with Gasteiger partial charge in [0.2, 0.25) is 11.8 Å². The van der Waals surface area contributed by atoms with Gasteiger partial charge in [-0.1, -0.05) is 36.8 Å². The molecule has 6 heteroatoms. The first-order chi connectivity index (χ1) is 13.2. The number of hydrogen-bond acceptors (Lipinski definition) is 4. The van der Waals surface area contributed by atoms with E-state index in [1.54, 1.807) is 6.26 Å². The Morgan fingerprint density at radius 1 is 0.963 bits per heavy atom. The van der Waals surface area contributed by atoms with Crippen molar-refractivity contribution in [1.29, 1.82) is 0 Å². The van der Waals surface area contributed by atoms with Crippen LogP contribution in [0.25, 0.3) is 0 Å². The van der Waals surface area contributed by atoms with Crippen LogP contribution in [0, 0.1) is 0 Å². The fraction of sp³-hybridized carbons (Fsp3) is 0.429. The number of likely N-dealkylation sites (tertiary alicyclic amines) is 1. The smallest absolute Gasteiger partial charge is 0.239 e. The number of piperidine rings is 1. The Bertz CT molecular complexity index is 710. The Balaban J connectivity index is 1.45. The predicted octanol–water partition coefficient (Wildman–Crippen LogP) is 2.28. The molecule has 0 spiro atoms. The van der Waals surface area contributed by atoms with Crippen molar-refractivity contribution in [2.45, 2.75) is 31.7 Å². The lowest BCUT2D eigenvalue weighted by Gasteiger charge is -2.33. The lowest BCUT2D eigenvalue weighted by Crippen LogP contribution is -2.43. The second kappa shape index (κ2) is 9.92. The van der Waals surface area contributed by atoms with E-state index < -0.39 is 0 Å². The molecular weight excluding hydrogens is 342 g/mol. The summed E-state index contributed by atoms with van der Waals surface area (Å²) < 4.78 is 5.58. The molecule has 2 aromatic rings. The van der Waals surface area contributed by atoms with Gasteiger partial charge in [0.1, 0.15) is 5.76 Å². The number of furan rings is 1. The van der Waals surface area contributed by atoms with Crippen LogP contribution in [0.15, 0.2) is 53.1 Å². The highest BCUT2D eigenvalue weighted by Gasteiger charge is 2.24. The summed E-state index contributed by atoms with van der Waals surface area (Å²) in [7, 11) is 0. The molecule has 3 rings (SSSR count). The maximum absolute atomic E-state index is 12.2. The number of nitrogens with one attached hydrogen (secondary N) is 2. The highest BCUT2D eigenvalue weighted by atomic mass is 16.3. The number of benzene rings is 1. The lowest BCUT2D eigenvalue weighted by molar-refractivity contribution is -0.125. The fourth-order valence-corrected chi connectivity index (χ4v) is 3.42. The van der Waals surface area contributed by atoms with Crippen LogP contribution in [0.2, 0.25) is 0 Å². The van der Waals surface area contributed by atoms with Crippen LogP contribution in [-0.2, 0) is 16.0 Å². The third-order valence-electron chi connectivity index (χ3n) is 4.85. The van der Waals surface area contributed by atoms with E-state index >= 15 is 0 Å². The molecule has 2 amide bonds. The van der Waals surface area contributed by atoms with Crippen molar-refractivity contribution < 1.29 is 14.0 Å². The number of carbonyl (C=O) groups is 2. The highest BCUT2D eigenvalue weighted by Crippen LogP contribution is 2.24. The van der Waals surface area contributed by atoms with Gasteiger partial charge in [-0.15, -0.1) is 0 Å². The largest absolute Gasteiger partial charge is 0.468 e. The third-order valence-corrected chi connectivity index (χ3v) is 4.85. The summed E-state index contributed by atoms with van der Waals surface area (Å²) in [5.41, 5.74) is 0.929. The minimum Gasteiger partial charge on any atom is -0.468 e. The number of carbonyl (C=O) groups excluding carboxylic acids is 2. The molecule has 0 aliphatic carbocycles. The number of amides is 2. The summed E-state index contributed by atoms with van der Waals surface area (Å²) in [5.74, 6) is 0.519. The van der Waals surface area contributed by atoms with Crippen molar-refractivity contribution in [3.8, 4) is 0 Å². The van der Waals surface area contributed by atoms with Gasteiger partial charge in [0, 0.05) is 6.54 Å². The first-order valence-electron chi connectivity index (χ1n) is 9.57. The van der Waals surface area contributed by atoms with Gasteiger partial charge in [-0.2, -0.15) is 0 Å². The van der Waals surface area contributed by atoms with Crippen LogP contribution in [0.3, 0.4) is 0 Å². The fourth-order valence-electron chi connectivity index (χ4n) is 3.42. The third kappa shape index (κ3) is 5.96. The molecule has 1 atom stereocenters. The zero-order chi connectivity index (χ0) is 18.9. The SMILES string of the molecule is O=C(CNC(=O)Cc1ccccc1)NCC(c1ccco1)N1CCCCC1. The molecule has 0 bridgehead atoms. The quantitative estimate of drug-likeness (QED) is 0.749. The van der Waals surface area contributed by atoms with Gasteiger partial charge in [-0.05, 0) is 43.6 Å². The lowest BCUT2D eigenvalue weighted by atomic mass is 10.1. The van der Waals surface area contributed by atoms with Gasteiger partial charge in [0.25, 0.3) is 0 Å². The van der Waals surface area contributed by atoms with Crippen LogP contribution in [-0.4, -0.2) is 42.9 Å². The molecule has 0 radical (unpaired) electrons. The second-order valence-electron chi connectivity index (χ2n) is 6.87. The van der Waals surface area contributed by atoms with Gasteiger partial charge in [0.15, 0.2) is 0 Å². The van der Waals surface area contributed by atoms with Crippen molar-refractivity contribution in [1.82, 2.24) is 15.5 Å². The summed E-state index contributed by atoms with van der Waals surface area (Å²) in [6.45, 7) is 2.47. The Hall–Kier alpha value is -2.60. The normalized spacial score (nSPS) is 15.9. The minimum absolute atomic E-state index is 0.0173. The molecule has 1 saturated heterocycles. The van der Waals surface area contributed by atoms with Gasteiger partial charge in [-0.25, -0.2) is 0 Å². The maximum Gasteiger partial charge on any atom is 0.239 e. The predicted molar refractivity (Wildman–Crippen MR) is 103 cm³/mol. The molecule has 2 heterocycles. The van der Waals surface area contributed by atoms with Crippen LogP contribution in [0.4, 0.5) is 0 Å². The first kappa shape index (κ1) is 19.2. The molecule has 2 N–H and O–H groups in total. The Morgan fingerprint density at radius 2 is 1.74 bits per heavy atom. The number of hydrogen-bond donors (Lipinski definition) is 2. The van der Waals surface area contributed by atoms with Gasteiger partial charge in [-0.3, -0.25) is 14.5 Å². The number of nitrogens with zero attached hydrogens (tertiary/aromatic N) is 1. The zero-order valence-corrected chi connectivity index (χ0v) is 15.5. The van der Waals surface area contributed by atoms with Crippen molar-refractivity contribution in [3.63, 3.8) is 0 Å². The summed E-state index contributed by atoms with van der Waals surface area (Å²) in [4.78, 5) is 26.5. The average Bonchev–Trinajstić information content (AvgIpc) is 3.23. The summed E-state index contributed by atoms with van der Waals surface area (Å²) in [5, 5.41) is 5.61. The van der Waals surface area contributed by atoms with E-state index in [9.17, 15) is 9.59 Å². The molecule has 1 aromatic heterocycles. The van der Waals surface area contributed by atoms with Crippen molar-refractivity contribution in [2.24, 2.45) is 0 Å². The molecule has 1 aliphatic heterocycles. The van der Waals surface area contributed by atoms with Crippen LogP contribution >= 0.6 is 0 Å². The molecule has 1 fully saturated rings. The zero-order valence-electron chi connectivity index (χ0n) is 15.5. The molecule has 144 valence electrons. The summed E-state index contributed by atoms with van der Waals surface area (Å²) >= 11 is 0. The van der Waals surface area contributed by atoms with Gasteiger partial charge >= 0.3 is 0 Å². The van der Waals surface area contributed by atoms with Crippen LogP contribution in [0.1, 0.15) is 36.6 Å².